The van der Waals surface area contributed by atoms with Crippen molar-refractivity contribution in [3.8, 4) is 0 Å². The first-order chi connectivity index (χ1) is 17.1. The number of rotatable bonds is 10. The molecule has 0 spiro atoms. The van der Waals surface area contributed by atoms with Gasteiger partial charge in [0.15, 0.2) is 0 Å². The Labute approximate surface area is 221 Å². The fourth-order valence-corrected chi connectivity index (χ4v) is 5.40. The fraction of sp³-hybridized carbons (Fsp3) is 0.231. The van der Waals surface area contributed by atoms with Crippen LogP contribution < -0.4 is 9.62 Å². The van der Waals surface area contributed by atoms with Gasteiger partial charge in [-0.15, -0.1) is 0 Å². The third-order valence-electron chi connectivity index (χ3n) is 5.52. The number of benzene rings is 3. The van der Waals surface area contributed by atoms with E-state index in [1.807, 2.05) is 0 Å². The van der Waals surface area contributed by atoms with Gasteiger partial charge in [0.2, 0.25) is 11.8 Å². The van der Waals surface area contributed by atoms with E-state index in [0.717, 1.165) is 4.31 Å². The molecule has 0 saturated carbocycles. The number of carbonyl (C=O) groups is 2. The average Bonchev–Trinajstić information content (AvgIpc) is 2.86. The number of hydrogen-bond acceptors (Lipinski definition) is 4. The maximum Gasteiger partial charge on any atom is 0.264 e. The number of hydrogen-bond donors (Lipinski definition) is 1. The Morgan fingerprint density at radius 1 is 0.944 bits per heavy atom. The first-order valence-electron chi connectivity index (χ1n) is 11.3. The van der Waals surface area contributed by atoms with Crippen LogP contribution in [0.25, 0.3) is 0 Å². The standard InChI is InChI=1S/C26H27Cl2N3O4S/c1-3-29-26(33)19(2)30(17-20-10-7-8-15-24(20)28)25(32)18-31(22-12-9-11-21(27)16-22)36(34,35)23-13-5-4-6-14-23/h4-16,19H,3,17-18H2,1-2H3,(H,29,33)/t19-/m1/s1. The zero-order valence-electron chi connectivity index (χ0n) is 19.9. The lowest BCUT2D eigenvalue weighted by Gasteiger charge is -2.32. The van der Waals surface area contributed by atoms with Crippen LogP contribution in [0.1, 0.15) is 19.4 Å². The summed E-state index contributed by atoms with van der Waals surface area (Å²) in [5.74, 6) is -0.939. The number of sulfonamides is 1. The summed E-state index contributed by atoms with van der Waals surface area (Å²) in [6, 6.07) is 20.2. The first-order valence-corrected chi connectivity index (χ1v) is 13.5. The van der Waals surface area contributed by atoms with Crippen molar-refractivity contribution >= 4 is 50.7 Å². The highest BCUT2D eigenvalue weighted by Gasteiger charge is 2.32. The molecule has 0 aromatic heterocycles. The quantitative estimate of drug-likeness (QED) is 0.397. The second-order valence-corrected chi connectivity index (χ2v) is 10.7. The molecular weight excluding hydrogens is 521 g/mol. The number of nitrogens with one attached hydrogen (secondary N) is 1. The zero-order chi connectivity index (χ0) is 26.3. The van der Waals surface area contributed by atoms with E-state index >= 15 is 0 Å². The lowest BCUT2D eigenvalue weighted by atomic mass is 10.1. The molecule has 3 aromatic rings. The highest BCUT2D eigenvalue weighted by molar-refractivity contribution is 7.92. The van der Waals surface area contributed by atoms with E-state index in [-0.39, 0.29) is 23.0 Å². The predicted molar refractivity (Wildman–Crippen MR) is 143 cm³/mol. The molecule has 0 radical (unpaired) electrons. The van der Waals surface area contributed by atoms with Crippen LogP contribution in [0.3, 0.4) is 0 Å². The highest BCUT2D eigenvalue weighted by atomic mass is 35.5. The maximum atomic E-state index is 13.7. The van der Waals surface area contributed by atoms with Gasteiger partial charge in [-0.05, 0) is 55.8 Å². The molecule has 0 fully saturated rings. The van der Waals surface area contributed by atoms with Crippen molar-refractivity contribution in [2.24, 2.45) is 0 Å². The summed E-state index contributed by atoms with van der Waals surface area (Å²) >= 11 is 12.5. The van der Waals surface area contributed by atoms with Gasteiger partial charge in [0, 0.05) is 23.1 Å². The predicted octanol–water partition coefficient (Wildman–Crippen LogP) is 4.74. The molecule has 0 heterocycles. The van der Waals surface area contributed by atoms with Crippen LogP contribution in [-0.4, -0.2) is 44.3 Å². The molecule has 0 bridgehead atoms. The van der Waals surface area contributed by atoms with E-state index in [1.54, 1.807) is 74.5 Å². The van der Waals surface area contributed by atoms with Crippen LogP contribution in [0.2, 0.25) is 10.0 Å². The number of halogens is 2. The molecule has 1 N–H and O–H groups in total. The summed E-state index contributed by atoms with van der Waals surface area (Å²) in [6.45, 7) is 3.22. The number of amides is 2. The Bertz CT molecular complexity index is 1320. The van der Waals surface area contributed by atoms with Crippen LogP contribution in [0.4, 0.5) is 5.69 Å². The molecule has 0 aliphatic carbocycles. The summed E-state index contributed by atoms with van der Waals surface area (Å²) in [6.07, 6.45) is 0. The summed E-state index contributed by atoms with van der Waals surface area (Å²) in [4.78, 5) is 27.8. The van der Waals surface area contributed by atoms with Gasteiger partial charge in [-0.3, -0.25) is 13.9 Å². The minimum atomic E-state index is -4.14. The number of likely N-dealkylation sites (N-methyl/N-ethyl adjacent to an activating group) is 1. The molecule has 3 rings (SSSR count). The van der Waals surface area contributed by atoms with Crippen molar-refractivity contribution in [1.82, 2.24) is 10.2 Å². The Morgan fingerprint density at radius 2 is 1.61 bits per heavy atom. The second-order valence-electron chi connectivity index (χ2n) is 7.99. The average molecular weight is 548 g/mol. The molecule has 1 atom stereocenters. The second kappa shape index (κ2) is 12.3. The molecule has 190 valence electrons. The SMILES string of the molecule is CCNC(=O)[C@@H](C)N(Cc1ccccc1Cl)C(=O)CN(c1cccc(Cl)c1)S(=O)(=O)c1ccccc1. The Kier molecular flexibility index (Phi) is 9.37. The largest absolute Gasteiger partial charge is 0.355 e. The van der Waals surface area contributed by atoms with Crippen LogP contribution >= 0.6 is 23.2 Å². The third-order valence-corrected chi connectivity index (χ3v) is 7.91. The lowest BCUT2D eigenvalue weighted by Crippen LogP contribution is -2.51. The normalized spacial score (nSPS) is 12.0. The van der Waals surface area contributed by atoms with E-state index in [9.17, 15) is 18.0 Å². The van der Waals surface area contributed by atoms with Crippen molar-refractivity contribution in [2.75, 3.05) is 17.4 Å². The van der Waals surface area contributed by atoms with Crippen molar-refractivity contribution in [3.63, 3.8) is 0 Å². The van der Waals surface area contributed by atoms with E-state index in [1.165, 1.54) is 23.1 Å². The van der Waals surface area contributed by atoms with E-state index in [0.29, 0.717) is 22.2 Å². The molecule has 3 aromatic carbocycles. The van der Waals surface area contributed by atoms with E-state index in [4.69, 9.17) is 23.2 Å². The number of anilines is 1. The van der Waals surface area contributed by atoms with Gasteiger partial charge >= 0.3 is 0 Å². The monoisotopic (exact) mass is 547 g/mol. The number of nitrogens with zero attached hydrogens (tertiary/aromatic N) is 2. The van der Waals surface area contributed by atoms with Gasteiger partial charge in [-0.2, -0.15) is 0 Å². The molecular formula is C26H27Cl2N3O4S. The van der Waals surface area contributed by atoms with Crippen molar-refractivity contribution < 1.29 is 18.0 Å². The lowest BCUT2D eigenvalue weighted by molar-refractivity contribution is -0.139. The van der Waals surface area contributed by atoms with Crippen molar-refractivity contribution in [1.29, 1.82) is 0 Å². The highest BCUT2D eigenvalue weighted by Crippen LogP contribution is 2.27. The summed E-state index contributed by atoms with van der Waals surface area (Å²) in [7, 11) is -4.14. The number of carbonyl (C=O) groups excluding carboxylic acids is 2. The van der Waals surface area contributed by atoms with Gasteiger partial charge in [0.05, 0.1) is 10.6 Å². The summed E-state index contributed by atoms with van der Waals surface area (Å²) in [5, 5.41) is 3.46. The Balaban J connectivity index is 2.03. The molecule has 7 nitrogen and oxygen atoms in total. The molecule has 36 heavy (non-hydrogen) atoms. The smallest absolute Gasteiger partial charge is 0.264 e. The minimum absolute atomic E-state index is 0.0194. The van der Waals surface area contributed by atoms with Gasteiger partial charge in [-0.1, -0.05) is 65.7 Å². The van der Waals surface area contributed by atoms with Gasteiger partial charge in [0.1, 0.15) is 12.6 Å². The maximum absolute atomic E-state index is 13.7. The van der Waals surface area contributed by atoms with Crippen LogP contribution in [0, 0.1) is 0 Å². The van der Waals surface area contributed by atoms with Crippen molar-refractivity contribution in [2.45, 2.75) is 31.3 Å². The molecule has 0 unspecified atom stereocenters. The molecule has 10 heteroatoms. The Morgan fingerprint density at radius 3 is 2.25 bits per heavy atom. The summed E-state index contributed by atoms with van der Waals surface area (Å²) < 4.78 is 28.3. The zero-order valence-corrected chi connectivity index (χ0v) is 22.2. The molecule has 0 saturated heterocycles. The van der Waals surface area contributed by atoms with E-state index < -0.39 is 28.5 Å². The topological polar surface area (TPSA) is 86.8 Å². The third kappa shape index (κ3) is 6.57. The van der Waals surface area contributed by atoms with E-state index in [2.05, 4.69) is 5.32 Å². The summed E-state index contributed by atoms with van der Waals surface area (Å²) in [5.41, 5.74) is 0.854. The Hall–Kier alpha value is -3.07. The fourth-order valence-electron chi connectivity index (χ4n) is 3.59. The van der Waals surface area contributed by atoms with Gasteiger partial charge in [0.25, 0.3) is 10.0 Å². The van der Waals surface area contributed by atoms with Crippen LogP contribution in [0.15, 0.2) is 83.8 Å². The molecule has 0 aliphatic rings. The van der Waals surface area contributed by atoms with Gasteiger partial charge in [-0.25, -0.2) is 8.42 Å². The van der Waals surface area contributed by atoms with Crippen LogP contribution in [0.5, 0.6) is 0 Å². The first kappa shape index (κ1) is 27.5. The van der Waals surface area contributed by atoms with Crippen LogP contribution in [-0.2, 0) is 26.2 Å². The molecule has 2 amide bonds. The van der Waals surface area contributed by atoms with Crippen molar-refractivity contribution in [3.05, 3.63) is 94.5 Å². The minimum Gasteiger partial charge on any atom is -0.355 e. The van der Waals surface area contributed by atoms with Gasteiger partial charge < -0.3 is 10.2 Å². The molecule has 0 aliphatic heterocycles.